The van der Waals surface area contributed by atoms with Gasteiger partial charge in [-0.15, -0.1) is 0 Å². The molecule has 0 saturated carbocycles. The van der Waals surface area contributed by atoms with Crippen molar-refractivity contribution >= 4 is 39.4 Å². The first-order valence-electron chi connectivity index (χ1n) is 9.76. The van der Waals surface area contributed by atoms with Crippen LogP contribution in [0.5, 0.6) is 0 Å². The third-order valence-corrected chi connectivity index (χ3v) is 6.81. The van der Waals surface area contributed by atoms with Crippen LogP contribution in [0.25, 0.3) is 0 Å². The maximum absolute atomic E-state index is 12.9. The first-order chi connectivity index (χ1) is 14.4. The molecule has 0 aliphatic carbocycles. The zero-order chi connectivity index (χ0) is 21.4. The van der Waals surface area contributed by atoms with Crippen molar-refractivity contribution in [2.45, 2.75) is 30.6 Å². The Morgan fingerprint density at radius 2 is 1.80 bits per heavy atom. The number of amides is 1. The van der Waals surface area contributed by atoms with Gasteiger partial charge in [-0.05, 0) is 48.7 Å². The highest BCUT2D eigenvalue weighted by molar-refractivity contribution is 7.89. The Hall–Kier alpha value is -2.42. The van der Waals surface area contributed by atoms with Crippen LogP contribution >= 0.6 is 11.6 Å². The molecular formula is C21H24ClN3O4S. The molecule has 1 saturated heterocycles. The minimum Gasteiger partial charge on any atom is -0.386 e. The predicted molar refractivity (Wildman–Crippen MR) is 117 cm³/mol. The molecule has 1 fully saturated rings. The summed E-state index contributed by atoms with van der Waals surface area (Å²) in [5.41, 5.74) is 1.17. The molecule has 160 valence electrons. The number of nitrogens with zero attached hydrogens (tertiary/aromatic N) is 2. The monoisotopic (exact) mass is 449 g/mol. The molecule has 0 bridgehead atoms. The third kappa shape index (κ3) is 6.29. The van der Waals surface area contributed by atoms with Crippen molar-refractivity contribution in [1.29, 1.82) is 0 Å². The smallest absolute Gasteiger partial charge is 0.265 e. The molecule has 1 aliphatic rings. The molecule has 7 nitrogen and oxygen atoms in total. The van der Waals surface area contributed by atoms with E-state index in [9.17, 15) is 13.2 Å². The number of nitrogens with one attached hydrogen (secondary N) is 1. The van der Waals surface area contributed by atoms with E-state index in [1.165, 1.54) is 16.6 Å². The zero-order valence-electron chi connectivity index (χ0n) is 16.5. The lowest BCUT2D eigenvalue weighted by Crippen LogP contribution is -2.32. The average Bonchev–Trinajstić information content (AvgIpc) is 3.03. The molecule has 9 heteroatoms. The van der Waals surface area contributed by atoms with E-state index < -0.39 is 15.9 Å². The summed E-state index contributed by atoms with van der Waals surface area (Å²) in [6, 6.07) is 13.2. The molecule has 0 atom stereocenters. The molecule has 3 rings (SSSR count). The first kappa shape index (κ1) is 22.3. The van der Waals surface area contributed by atoms with Crippen LogP contribution in [-0.2, 0) is 19.7 Å². The van der Waals surface area contributed by atoms with Crippen molar-refractivity contribution in [3.05, 3.63) is 59.1 Å². The molecule has 2 aromatic carbocycles. The lowest BCUT2D eigenvalue weighted by atomic mass is 10.2. The molecule has 0 radical (unpaired) electrons. The van der Waals surface area contributed by atoms with E-state index in [4.69, 9.17) is 16.4 Å². The second-order valence-electron chi connectivity index (χ2n) is 6.95. The number of carbonyl (C=O) groups is 1. The van der Waals surface area contributed by atoms with Gasteiger partial charge in [-0.25, -0.2) is 8.42 Å². The van der Waals surface area contributed by atoms with Crippen LogP contribution in [0.15, 0.2) is 58.6 Å². The summed E-state index contributed by atoms with van der Waals surface area (Å²) in [4.78, 5) is 17.3. The molecule has 2 aromatic rings. The van der Waals surface area contributed by atoms with Gasteiger partial charge in [0.2, 0.25) is 10.0 Å². The Morgan fingerprint density at radius 3 is 2.50 bits per heavy atom. The summed E-state index contributed by atoms with van der Waals surface area (Å²) in [5, 5.41) is 7.00. The Balaban J connectivity index is 1.56. The van der Waals surface area contributed by atoms with Crippen LogP contribution in [-0.4, -0.2) is 44.5 Å². The first-order valence-corrected chi connectivity index (χ1v) is 11.6. The maximum atomic E-state index is 12.9. The molecule has 1 heterocycles. The number of hydrogen-bond acceptors (Lipinski definition) is 5. The van der Waals surface area contributed by atoms with Crippen molar-refractivity contribution in [3.8, 4) is 0 Å². The third-order valence-electron chi connectivity index (χ3n) is 4.66. The van der Waals surface area contributed by atoms with E-state index in [0.717, 1.165) is 31.2 Å². The van der Waals surface area contributed by atoms with Gasteiger partial charge in [0.15, 0.2) is 6.61 Å². The molecule has 0 spiro atoms. The summed E-state index contributed by atoms with van der Waals surface area (Å²) in [6.07, 6.45) is 5.29. The summed E-state index contributed by atoms with van der Waals surface area (Å²) in [5.74, 6) is -0.437. The van der Waals surface area contributed by atoms with Crippen molar-refractivity contribution in [1.82, 2.24) is 4.31 Å². The number of rotatable bonds is 7. The second kappa shape index (κ2) is 10.6. The van der Waals surface area contributed by atoms with Crippen LogP contribution in [0.2, 0.25) is 5.02 Å². The number of halogens is 1. The van der Waals surface area contributed by atoms with Crippen molar-refractivity contribution in [2.75, 3.05) is 25.0 Å². The highest BCUT2D eigenvalue weighted by Gasteiger charge is 2.25. The predicted octanol–water partition coefficient (Wildman–Crippen LogP) is 3.89. The minimum absolute atomic E-state index is 0.170. The van der Waals surface area contributed by atoms with Crippen molar-refractivity contribution < 1.29 is 18.0 Å². The summed E-state index contributed by atoms with van der Waals surface area (Å²) >= 11 is 5.81. The van der Waals surface area contributed by atoms with Crippen LogP contribution in [0.4, 0.5) is 5.69 Å². The lowest BCUT2D eigenvalue weighted by Gasteiger charge is -2.20. The maximum Gasteiger partial charge on any atom is 0.265 e. The number of anilines is 1. The number of sulfonamides is 1. The molecular weight excluding hydrogens is 426 g/mol. The topological polar surface area (TPSA) is 88.1 Å². The van der Waals surface area contributed by atoms with Gasteiger partial charge in [0.05, 0.1) is 11.1 Å². The lowest BCUT2D eigenvalue weighted by molar-refractivity contribution is -0.120. The largest absolute Gasteiger partial charge is 0.386 e. The van der Waals surface area contributed by atoms with Crippen molar-refractivity contribution in [3.63, 3.8) is 0 Å². The minimum atomic E-state index is -3.58. The quantitative estimate of drug-likeness (QED) is 0.513. The van der Waals surface area contributed by atoms with Gasteiger partial charge in [-0.3, -0.25) is 4.79 Å². The molecule has 1 aliphatic heterocycles. The van der Waals surface area contributed by atoms with E-state index in [1.807, 2.05) is 0 Å². The fourth-order valence-electron chi connectivity index (χ4n) is 3.11. The van der Waals surface area contributed by atoms with E-state index in [-0.39, 0.29) is 11.5 Å². The molecule has 30 heavy (non-hydrogen) atoms. The van der Waals surface area contributed by atoms with Gasteiger partial charge >= 0.3 is 0 Å². The highest BCUT2D eigenvalue weighted by atomic mass is 35.5. The van der Waals surface area contributed by atoms with Crippen LogP contribution in [0.1, 0.15) is 31.2 Å². The van der Waals surface area contributed by atoms with Gasteiger partial charge in [0, 0.05) is 23.8 Å². The number of carbonyl (C=O) groups excluding carboxylic acids is 1. The second-order valence-corrected chi connectivity index (χ2v) is 9.33. The van der Waals surface area contributed by atoms with Gasteiger partial charge in [-0.1, -0.05) is 47.8 Å². The van der Waals surface area contributed by atoms with Crippen LogP contribution in [0, 0.1) is 0 Å². The highest BCUT2D eigenvalue weighted by Crippen LogP contribution is 2.22. The fourth-order valence-corrected chi connectivity index (χ4v) is 4.79. The number of oxime groups is 1. The summed E-state index contributed by atoms with van der Waals surface area (Å²) in [6.45, 7) is 0.754. The Bertz CT molecular complexity index is 986. The van der Waals surface area contributed by atoms with E-state index in [1.54, 1.807) is 42.5 Å². The Kier molecular flexibility index (Phi) is 7.84. The van der Waals surface area contributed by atoms with E-state index in [0.29, 0.717) is 23.8 Å². The summed E-state index contributed by atoms with van der Waals surface area (Å²) in [7, 11) is -3.58. The Morgan fingerprint density at radius 1 is 1.10 bits per heavy atom. The van der Waals surface area contributed by atoms with Gasteiger partial charge < -0.3 is 10.2 Å². The van der Waals surface area contributed by atoms with Gasteiger partial charge in [-0.2, -0.15) is 4.31 Å². The number of hydrogen-bond donors (Lipinski definition) is 1. The van der Waals surface area contributed by atoms with Gasteiger partial charge in [0.25, 0.3) is 5.91 Å². The zero-order valence-corrected chi connectivity index (χ0v) is 18.0. The van der Waals surface area contributed by atoms with E-state index >= 15 is 0 Å². The average molecular weight is 450 g/mol. The fraction of sp³-hybridized carbons (Fsp3) is 0.333. The molecule has 0 unspecified atom stereocenters. The van der Waals surface area contributed by atoms with Crippen molar-refractivity contribution in [2.24, 2.45) is 5.16 Å². The van der Waals surface area contributed by atoms with Crippen LogP contribution < -0.4 is 5.32 Å². The Labute approximate surface area is 181 Å². The molecule has 1 amide bonds. The SMILES string of the molecule is O=C(CO/N=C/c1ccc(Cl)cc1)Nc1cccc(S(=O)(=O)N2CCCCCC2)c1. The van der Waals surface area contributed by atoms with Crippen LogP contribution in [0.3, 0.4) is 0 Å². The normalized spacial score (nSPS) is 15.6. The number of benzene rings is 2. The van der Waals surface area contributed by atoms with E-state index in [2.05, 4.69) is 10.5 Å². The molecule has 0 aromatic heterocycles. The van der Waals surface area contributed by atoms with Gasteiger partial charge in [0.1, 0.15) is 0 Å². The molecule has 1 N–H and O–H groups in total. The standard InChI is InChI=1S/C21H24ClN3O4S/c22-18-10-8-17(9-11-18)15-23-29-16-21(26)24-19-6-5-7-20(14-19)30(27,28)25-12-3-1-2-4-13-25/h5-11,14-15H,1-4,12-13,16H2,(H,24,26)/b23-15+. The summed E-state index contributed by atoms with van der Waals surface area (Å²) < 4.78 is 27.3.